The molecule has 0 bridgehead atoms. The van der Waals surface area contributed by atoms with Gasteiger partial charge in [0.2, 0.25) is 0 Å². The molecule has 0 aromatic carbocycles. The standard InChI is InChI=1S/C7H13NO3S/c9-7(10)8-12(11)6-4-2-1-3-5-6/h6,8H,1-5H2,(H,9,10). The van der Waals surface area contributed by atoms with Crippen molar-refractivity contribution in [1.29, 1.82) is 0 Å². The maximum Gasteiger partial charge on any atom is 0.416 e. The summed E-state index contributed by atoms with van der Waals surface area (Å²) in [7, 11) is -1.39. The second-order valence-electron chi connectivity index (χ2n) is 2.96. The van der Waals surface area contributed by atoms with Gasteiger partial charge in [0.1, 0.15) is 11.0 Å². The average molecular weight is 191 g/mol. The molecule has 1 amide bonds. The van der Waals surface area contributed by atoms with E-state index in [2.05, 4.69) is 0 Å². The molecule has 1 unspecified atom stereocenters. The molecule has 70 valence electrons. The number of carbonyl (C=O) groups is 1. The third-order valence-corrected chi connectivity index (χ3v) is 3.50. The Kier molecular flexibility index (Phi) is 3.52. The highest BCUT2D eigenvalue weighted by molar-refractivity contribution is 7.84. The van der Waals surface area contributed by atoms with E-state index < -0.39 is 17.1 Å². The molecule has 1 aliphatic rings. The van der Waals surface area contributed by atoms with Gasteiger partial charge in [0.15, 0.2) is 0 Å². The van der Waals surface area contributed by atoms with Crippen LogP contribution in [0.2, 0.25) is 0 Å². The van der Waals surface area contributed by atoms with E-state index in [9.17, 15) is 9.00 Å². The first-order chi connectivity index (χ1) is 5.70. The van der Waals surface area contributed by atoms with Crippen LogP contribution < -0.4 is 4.72 Å². The van der Waals surface area contributed by atoms with Crippen molar-refractivity contribution < 1.29 is 14.1 Å². The molecule has 1 fully saturated rings. The smallest absolute Gasteiger partial charge is 0.416 e. The number of carboxylic acid groups (broad SMARTS) is 1. The summed E-state index contributed by atoms with van der Waals surface area (Å²) < 4.78 is 13.2. The van der Waals surface area contributed by atoms with Gasteiger partial charge < -0.3 is 5.11 Å². The van der Waals surface area contributed by atoms with Crippen molar-refractivity contribution in [2.75, 3.05) is 0 Å². The molecule has 1 rings (SSSR count). The number of amides is 1. The fraction of sp³-hybridized carbons (Fsp3) is 0.857. The van der Waals surface area contributed by atoms with Crippen molar-refractivity contribution in [2.45, 2.75) is 37.4 Å². The van der Waals surface area contributed by atoms with Crippen LogP contribution in [0.25, 0.3) is 0 Å². The lowest BCUT2D eigenvalue weighted by Gasteiger charge is -2.19. The predicted molar refractivity (Wildman–Crippen MR) is 46.2 cm³/mol. The van der Waals surface area contributed by atoms with E-state index in [0.717, 1.165) is 25.7 Å². The minimum atomic E-state index is -1.39. The molecule has 0 aromatic rings. The van der Waals surface area contributed by atoms with Crippen LogP contribution in [0.5, 0.6) is 0 Å². The molecule has 0 spiro atoms. The van der Waals surface area contributed by atoms with Crippen molar-refractivity contribution in [1.82, 2.24) is 4.72 Å². The minimum Gasteiger partial charge on any atom is -0.464 e. The lowest BCUT2D eigenvalue weighted by atomic mass is 10.0. The molecule has 0 saturated heterocycles. The Bertz CT molecular complexity index is 189. The number of rotatable bonds is 2. The Morgan fingerprint density at radius 1 is 1.33 bits per heavy atom. The van der Waals surface area contributed by atoms with E-state index in [1.165, 1.54) is 6.42 Å². The molecule has 12 heavy (non-hydrogen) atoms. The van der Waals surface area contributed by atoms with Crippen LogP contribution in [0.15, 0.2) is 0 Å². The summed E-state index contributed by atoms with van der Waals surface area (Å²) in [5, 5.41) is 8.35. The molecule has 0 aromatic heterocycles. The quantitative estimate of drug-likeness (QED) is 0.690. The van der Waals surface area contributed by atoms with Crippen LogP contribution >= 0.6 is 0 Å². The van der Waals surface area contributed by atoms with E-state index >= 15 is 0 Å². The van der Waals surface area contributed by atoms with Gasteiger partial charge in [0.05, 0.1) is 5.25 Å². The first-order valence-electron chi connectivity index (χ1n) is 4.10. The van der Waals surface area contributed by atoms with Crippen LogP contribution in [-0.2, 0) is 11.0 Å². The summed E-state index contributed by atoms with van der Waals surface area (Å²) in [6.07, 6.45) is 3.88. The second kappa shape index (κ2) is 4.45. The molecular formula is C7H13NO3S. The van der Waals surface area contributed by atoms with E-state index in [-0.39, 0.29) is 5.25 Å². The van der Waals surface area contributed by atoms with Crippen molar-refractivity contribution >= 4 is 17.1 Å². The van der Waals surface area contributed by atoms with Gasteiger partial charge in [-0.15, -0.1) is 0 Å². The molecule has 0 heterocycles. The van der Waals surface area contributed by atoms with Crippen molar-refractivity contribution in [3.8, 4) is 0 Å². The topological polar surface area (TPSA) is 66.4 Å². The summed E-state index contributed by atoms with van der Waals surface area (Å²) >= 11 is 0. The third-order valence-electron chi connectivity index (χ3n) is 2.04. The van der Waals surface area contributed by atoms with Gasteiger partial charge in [-0.05, 0) is 12.8 Å². The molecule has 1 atom stereocenters. The summed E-state index contributed by atoms with van der Waals surface area (Å²) in [6, 6.07) is 0. The van der Waals surface area contributed by atoms with Crippen LogP contribution in [0, 0.1) is 0 Å². The van der Waals surface area contributed by atoms with Gasteiger partial charge in [-0.25, -0.2) is 13.7 Å². The van der Waals surface area contributed by atoms with Crippen LogP contribution in [0.1, 0.15) is 32.1 Å². The highest BCUT2D eigenvalue weighted by atomic mass is 32.2. The summed E-state index contributed by atoms with van der Waals surface area (Å²) in [4.78, 5) is 10.1. The van der Waals surface area contributed by atoms with Crippen molar-refractivity contribution in [3.63, 3.8) is 0 Å². The Morgan fingerprint density at radius 2 is 1.92 bits per heavy atom. The maximum atomic E-state index is 11.2. The molecular weight excluding hydrogens is 178 g/mol. The van der Waals surface area contributed by atoms with Gasteiger partial charge in [0, 0.05) is 0 Å². The number of hydrogen-bond donors (Lipinski definition) is 2. The fourth-order valence-corrected chi connectivity index (χ4v) is 2.55. The third kappa shape index (κ3) is 2.81. The Morgan fingerprint density at radius 3 is 2.42 bits per heavy atom. The summed E-state index contributed by atoms with van der Waals surface area (Å²) in [5.41, 5.74) is 0. The first-order valence-corrected chi connectivity index (χ1v) is 5.31. The summed E-state index contributed by atoms with van der Waals surface area (Å²) in [5.74, 6) is 0. The van der Waals surface area contributed by atoms with Crippen LogP contribution in [-0.4, -0.2) is 20.7 Å². The number of nitrogens with one attached hydrogen (secondary N) is 1. The van der Waals surface area contributed by atoms with E-state index in [1.54, 1.807) is 0 Å². The van der Waals surface area contributed by atoms with Gasteiger partial charge in [-0.3, -0.25) is 0 Å². The van der Waals surface area contributed by atoms with E-state index in [4.69, 9.17) is 5.11 Å². The normalized spacial score (nSPS) is 21.7. The largest absolute Gasteiger partial charge is 0.464 e. The Balaban J connectivity index is 2.34. The zero-order chi connectivity index (χ0) is 8.97. The van der Waals surface area contributed by atoms with E-state index in [0.29, 0.717) is 0 Å². The van der Waals surface area contributed by atoms with E-state index in [1.807, 2.05) is 4.72 Å². The monoisotopic (exact) mass is 191 g/mol. The Labute approximate surface area is 73.9 Å². The van der Waals surface area contributed by atoms with Gasteiger partial charge in [-0.1, -0.05) is 19.3 Å². The zero-order valence-corrected chi connectivity index (χ0v) is 7.60. The molecule has 0 radical (unpaired) electrons. The fourth-order valence-electron chi connectivity index (χ4n) is 1.45. The number of hydrogen-bond acceptors (Lipinski definition) is 2. The molecule has 2 N–H and O–H groups in total. The lowest BCUT2D eigenvalue weighted by Crippen LogP contribution is -2.33. The molecule has 1 aliphatic carbocycles. The molecule has 0 aliphatic heterocycles. The highest BCUT2D eigenvalue weighted by Crippen LogP contribution is 2.20. The van der Waals surface area contributed by atoms with Crippen molar-refractivity contribution in [2.24, 2.45) is 0 Å². The predicted octanol–water partition coefficient (Wildman–Crippen LogP) is 1.25. The maximum absolute atomic E-state index is 11.2. The first kappa shape index (κ1) is 9.51. The second-order valence-corrected chi connectivity index (χ2v) is 4.43. The average Bonchev–Trinajstić information content (AvgIpc) is 2.05. The lowest BCUT2D eigenvalue weighted by molar-refractivity contribution is 0.201. The SMILES string of the molecule is O=C(O)NS(=O)C1CCCCC1. The molecule has 5 heteroatoms. The van der Waals surface area contributed by atoms with Gasteiger partial charge in [-0.2, -0.15) is 0 Å². The van der Waals surface area contributed by atoms with Gasteiger partial charge in [0.25, 0.3) is 0 Å². The van der Waals surface area contributed by atoms with Crippen LogP contribution in [0.4, 0.5) is 4.79 Å². The molecule has 4 nitrogen and oxygen atoms in total. The molecule has 1 saturated carbocycles. The van der Waals surface area contributed by atoms with Gasteiger partial charge >= 0.3 is 6.09 Å². The Hall–Kier alpha value is -0.580. The minimum absolute atomic E-state index is 0.0369. The zero-order valence-electron chi connectivity index (χ0n) is 6.78. The van der Waals surface area contributed by atoms with Crippen molar-refractivity contribution in [3.05, 3.63) is 0 Å². The summed E-state index contributed by atoms with van der Waals surface area (Å²) in [6.45, 7) is 0. The van der Waals surface area contributed by atoms with Crippen LogP contribution in [0.3, 0.4) is 0 Å². The highest BCUT2D eigenvalue weighted by Gasteiger charge is 2.20.